The molecule has 8 heteroatoms. The molecule has 134 valence electrons. The fraction of sp³-hybridized carbons (Fsp3) is 0.111. The lowest BCUT2D eigenvalue weighted by molar-refractivity contribution is -0.385. The van der Waals surface area contributed by atoms with Gasteiger partial charge in [-0.15, -0.1) is 0 Å². The number of methoxy groups -OCH3 is 1. The van der Waals surface area contributed by atoms with E-state index >= 15 is 0 Å². The Morgan fingerprint density at radius 2 is 1.81 bits per heavy atom. The van der Waals surface area contributed by atoms with Gasteiger partial charge in [0.1, 0.15) is 0 Å². The number of hydrogen-bond acceptors (Lipinski definition) is 5. The van der Waals surface area contributed by atoms with Crippen LogP contribution in [0.4, 0.5) is 21.9 Å². The quantitative estimate of drug-likeness (QED) is 0.503. The van der Waals surface area contributed by atoms with Crippen LogP contribution in [0.25, 0.3) is 6.08 Å². The van der Waals surface area contributed by atoms with Gasteiger partial charge in [0.2, 0.25) is 5.91 Å². The highest BCUT2D eigenvalue weighted by Crippen LogP contribution is 2.20. The number of nitrogens with one attached hydrogen (secondary N) is 1. The van der Waals surface area contributed by atoms with Crippen LogP contribution in [0.1, 0.15) is 5.56 Å². The first kappa shape index (κ1) is 18.7. The number of nitro benzene ring substituents is 1. The third-order valence-corrected chi connectivity index (χ3v) is 3.52. The van der Waals surface area contributed by atoms with Crippen molar-refractivity contribution in [2.24, 2.45) is 0 Å². The van der Waals surface area contributed by atoms with Crippen LogP contribution in [0.2, 0.25) is 0 Å². The van der Waals surface area contributed by atoms with Gasteiger partial charge in [0.25, 0.3) is 5.69 Å². The summed E-state index contributed by atoms with van der Waals surface area (Å²) in [5.41, 5.74) is 1.38. The summed E-state index contributed by atoms with van der Waals surface area (Å²) in [6.07, 6.45) is 2.10. The molecule has 0 saturated heterocycles. The standard InChI is InChI=1S/C18H17N3O5/c1-20(18(23)26-2)15-10-8-14(9-11-15)19-17(22)12-7-13-5-3-4-6-16(13)21(24)25/h3-12H,1-2H3,(H,19,22)/b12-7-. The summed E-state index contributed by atoms with van der Waals surface area (Å²) in [7, 11) is 2.85. The largest absolute Gasteiger partial charge is 0.452 e. The van der Waals surface area contributed by atoms with Gasteiger partial charge < -0.3 is 10.1 Å². The number of hydrogen-bond donors (Lipinski definition) is 1. The first-order valence-electron chi connectivity index (χ1n) is 7.56. The highest BCUT2D eigenvalue weighted by molar-refractivity contribution is 6.02. The second-order valence-electron chi connectivity index (χ2n) is 5.21. The van der Waals surface area contributed by atoms with E-state index in [0.29, 0.717) is 16.9 Å². The molecule has 0 unspecified atom stereocenters. The molecule has 0 aliphatic heterocycles. The maximum absolute atomic E-state index is 12.0. The normalized spacial score (nSPS) is 10.4. The minimum atomic E-state index is -0.506. The molecule has 1 N–H and O–H groups in total. The van der Waals surface area contributed by atoms with Gasteiger partial charge in [0.15, 0.2) is 0 Å². The summed E-state index contributed by atoms with van der Waals surface area (Å²) in [6.45, 7) is 0. The van der Waals surface area contributed by atoms with Crippen LogP contribution in [0.3, 0.4) is 0 Å². The highest BCUT2D eigenvalue weighted by atomic mass is 16.6. The Hall–Kier alpha value is -3.68. The molecule has 0 heterocycles. The first-order chi connectivity index (χ1) is 12.4. The Balaban J connectivity index is 2.04. The van der Waals surface area contributed by atoms with Gasteiger partial charge in [0.05, 0.1) is 17.6 Å². The van der Waals surface area contributed by atoms with Crippen LogP contribution in [-0.2, 0) is 9.53 Å². The van der Waals surface area contributed by atoms with Gasteiger partial charge in [0, 0.05) is 30.6 Å². The molecule has 2 aromatic carbocycles. The highest BCUT2D eigenvalue weighted by Gasteiger charge is 2.11. The molecule has 0 aliphatic carbocycles. The average molecular weight is 355 g/mol. The van der Waals surface area contributed by atoms with E-state index in [-0.39, 0.29) is 5.69 Å². The minimum Gasteiger partial charge on any atom is -0.452 e. The molecule has 2 rings (SSSR count). The number of nitro groups is 1. The second-order valence-corrected chi connectivity index (χ2v) is 5.21. The van der Waals surface area contributed by atoms with Crippen molar-refractivity contribution in [1.29, 1.82) is 0 Å². The van der Waals surface area contributed by atoms with Crippen molar-refractivity contribution in [3.8, 4) is 0 Å². The summed E-state index contributed by atoms with van der Waals surface area (Å²) in [4.78, 5) is 35.2. The predicted molar refractivity (Wildman–Crippen MR) is 98.0 cm³/mol. The maximum atomic E-state index is 12.0. The van der Waals surface area contributed by atoms with E-state index in [1.54, 1.807) is 49.5 Å². The van der Waals surface area contributed by atoms with Crippen LogP contribution < -0.4 is 10.2 Å². The number of anilines is 2. The fourth-order valence-electron chi connectivity index (χ4n) is 2.15. The lowest BCUT2D eigenvalue weighted by Crippen LogP contribution is -2.25. The number of rotatable bonds is 5. The molecule has 2 aromatic rings. The van der Waals surface area contributed by atoms with E-state index in [9.17, 15) is 19.7 Å². The molecule has 8 nitrogen and oxygen atoms in total. The molecule has 0 radical (unpaired) electrons. The van der Waals surface area contributed by atoms with Gasteiger partial charge in [-0.1, -0.05) is 12.1 Å². The van der Waals surface area contributed by atoms with Crippen LogP contribution in [0, 0.1) is 10.1 Å². The van der Waals surface area contributed by atoms with E-state index in [4.69, 9.17) is 0 Å². The van der Waals surface area contributed by atoms with E-state index < -0.39 is 16.9 Å². The van der Waals surface area contributed by atoms with E-state index in [0.717, 1.165) is 0 Å². The number of benzene rings is 2. The third-order valence-electron chi connectivity index (χ3n) is 3.52. The van der Waals surface area contributed by atoms with Crippen molar-refractivity contribution in [3.05, 3.63) is 70.3 Å². The van der Waals surface area contributed by atoms with Gasteiger partial charge >= 0.3 is 6.09 Å². The average Bonchev–Trinajstić information content (AvgIpc) is 2.66. The third kappa shape index (κ3) is 4.67. The van der Waals surface area contributed by atoms with Crippen LogP contribution in [0.5, 0.6) is 0 Å². The maximum Gasteiger partial charge on any atom is 0.413 e. The van der Waals surface area contributed by atoms with Gasteiger partial charge in [-0.2, -0.15) is 0 Å². The van der Waals surface area contributed by atoms with Crippen molar-refractivity contribution >= 4 is 35.1 Å². The number of carbonyl (C=O) groups is 2. The van der Waals surface area contributed by atoms with Crippen molar-refractivity contribution in [2.45, 2.75) is 0 Å². The van der Waals surface area contributed by atoms with Crippen LogP contribution in [-0.4, -0.2) is 31.1 Å². The topological polar surface area (TPSA) is 102 Å². The number of nitrogens with zero attached hydrogens (tertiary/aromatic N) is 2. The lowest BCUT2D eigenvalue weighted by Gasteiger charge is -2.15. The molecule has 0 spiro atoms. The molecule has 0 aromatic heterocycles. The molecule has 0 atom stereocenters. The Labute approximate surface area is 149 Å². The molecule has 0 bridgehead atoms. The van der Waals surface area contributed by atoms with Crippen molar-refractivity contribution in [2.75, 3.05) is 24.4 Å². The first-order valence-corrected chi connectivity index (χ1v) is 7.56. The SMILES string of the molecule is COC(=O)N(C)c1ccc(NC(=O)/C=C\c2ccccc2[N+](=O)[O-])cc1. The summed E-state index contributed by atoms with van der Waals surface area (Å²) >= 11 is 0. The van der Waals surface area contributed by atoms with E-state index in [2.05, 4.69) is 10.1 Å². The number of carbonyl (C=O) groups excluding carboxylic acids is 2. The molecular formula is C18H17N3O5. The summed E-state index contributed by atoms with van der Waals surface area (Å²) in [5, 5.41) is 13.6. The molecular weight excluding hydrogens is 338 g/mol. The van der Waals surface area contributed by atoms with Gasteiger partial charge in [-0.05, 0) is 36.4 Å². The van der Waals surface area contributed by atoms with Crippen molar-refractivity contribution in [1.82, 2.24) is 0 Å². The summed E-state index contributed by atoms with van der Waals surface area (Å²) in [5.74, 6) is -0.433. The molecule has 0 fully saturated rings. The smallest absolute Gasteiger partial charge is 0.413 e. The minimum absolute atomic E-state index is 0.0771. The molecule has 0 aliphatic rings. The fourth-order valence-corrected chi connectivity index (χ4v) is 2.15. The molecule has 0 saturated carbocycles. The van der Waals surface area contributed by atoms with Crippen molar-refractivity contribution < 1.29 is 19.2 Å². The molecule has 26 heavy (non-hydrogen) atoms. The second kappa shape index (κ2) is 8.43. The zero-order valence-electron chi connectivity index (χ0n) is 14.2. The summed E-state index contributed by atoms with van der Waals surface area (Å²) in [6, 6.07) is 12.7. The Morgan fingerprint density at radius 1 is 1.15 bits per heavy atom. The number of para-hydroxylation sites is 1. The monoisotopic (exact) mass is 355 g/mol. The zero-order chi connectivity index (χ0) is 19.1. The lowest BCUT2D eigenvalue weighted by atomic mass is 10.1. The Kier molecular flexibility index (Phi) is 6.05. The van der Waals surface area contributed by atoms with Gasteiger partial charge in [-0.3, -0.25) is 19.8 Å². The van der Waals surface area contributed by atoms with E-state index in [1.807, 2.05) is 0 Å². The van der Waals surface area contributed by atoms with Crippen LogP contribution >= 0.6 is 0 Å². The number of amides is 2. The Morgan fingerprint density at radius 3 is 2.42 bits per heavy atom. The summed E-state index contributed by atoms with van der Waals surface area (Å²) < 4.78 is 4.62. The van der Waals surface area contributed by atoms with Gasteiger partial charge in [-0.25, -0.2) is 4.79 Å². The zero-order valence-corrected chi connectivity index (χ0v) is 14.2. The van der Waals surface area contributed by atoms with E-state index in [1.165, 1.54) is 30.2 Å². The van der Waals surface area contributed by atoms with Crippen LogP contribution in [0.15, 0.2) is 54.6 Å². The predicted octanol–water partition coefficient (Wildman–Crippen LogP) is 3.45. The van der Waals surface area contributed by atoms with Crippen molar-refractivity contribution in [3.63, 3.8) is 0 Å². The molecule has 2 amide bonds. The Bertz CT molecular complexity index is 846. The number of ether oxygens (including phenoxy) is 1.